The highest BCUT2D eigenvalue weighted by atomic mass is 32.2. The summed E-state index contributed by atoms with van der Waals surface area (Å²) in [5, 5.41) is 3.02. The van der Waals surface area contributed by atoms with Crippen molar-refractivity contribution in [3.05, 3.63) is 53.6 Å². The Labute approximate surface area is 170 Å². The van der Waals surface area contributed by atoms with Crippen LogP contribution in [0.5, 0.6) is 11.5 Å². The Kier molecular flexibility index (Phi) is 5.73. The van der Waals surface area contributed by atoms with Crippen molar-refractivity contribution in [3.63, 3.8) is 0 Å². The SMILES string of the molecule is O=C(NC1CCCCC1)c1cccc(S(=O)(=O)NCc2ccc3c(c2)OCO3)c1. The zero-order valence-corrected chi connectivity index (χ0v) is 16.8. The van der Waals surface area contributed by atoms with Crippen LogP contribution in [0.1, 0.15) is 48.0 Å². The fourth-order valence-corrected chi connectivity index (χ4v) is 4.70. The van der Waals surface area contributed by atoms with Crippen molar-refractivity contribution in [2.75, 3.05) is 6.79 Å². The smallest absolute Gasteiger partial charge is 0.251 e. The molecular weight excluding hydrogens is 392 g/mol. The summed E-state index contributed by atoms with van der Waals surface area (Å²) in [4.78, 5) is 12.6. The molecule has 2 aromatic rings. The normalized spacial score (nSPS) is 16.6. The van der Waals surface area contributed by atoms with E-state index >= 15 is 0 Å². The number of nitrogens with one attached hydrogen (secondary N) is 2. The first-order valence-electron chi connectivity index (χ1n) is 9.80. The number of benzene rings is 2. The van der Waals surface area contributed by atoms with E-state index in [0.717, 1.165) is 31.2 Å². The molecule has 1 saturated carbocycles. The van der Waals surface area contributed by atoms with E-state index in [-0.39, 0.29) is 30.2 Å². The second-order valence-corrected chi connectivity index (χ2v) is 9.12. The molecule has 0 bridgehead atoms. The second-order valence-electron chi connectivity index (χ2n) is 7.35. The van der Waals surface area contributed by atoms with Gasteiger partial charge in [0.25, 0.3) is 5.91 Å². The number of ether oxygens (including phenoxy) is 2. The minimum absolute atomic E-state index is 0.0644. The highest BCUT2D eigenvalue weighted by Gasteiger charge is 2.20. The molecule has 0 atom stereocenters. The predicted octanol–water partition coefficient (Wildman–Crippen LogP) is 2.96. The molecule has 1 heterocycles. The molecule has 2 N–H and O–H groups in total. The predicted molar refractivity (Wildman–Crippen MR) is 107 cm³/mol. The van der Waals surface area contributed by atoms with Gasteiger partial charge in [-0.15, -0.1) is 0 Å². The van der Waals surface area contributed by atoms with Gasteiger partial charge in [0.05, 0.1) is 4.90 Å². The van der Waals surface area contributed by atoms with E-state index in [1.54, 1.807) is 30.3 Å². The molecule has 0 saturated heterocycles. The molecule has 29 heavy (non-hydrogen) atoms. The van der Waals surface area contributed by atoms with Crippen LogP contribution in [0.15, 0.2) is 47.4 Å². The maximum Gasteiger partial charge on any atom is 0.251 e. The molecule has 154 valence electrons. The van der Waals surface area contributed by atoms with Crippen LogP contribution >= 0.6 is 0 Å². The molecule has 4 rings (SSSR count). The van der Waals surface area contributed by atoms with Crippen molar-refractivity contribution in [2.45, 2.75) is 49.6 Å². The lowest BCUT2D eigenvalue weighted by molar-refractivity contribution is 0.0927. The molecule has 0 aromatic heterocycles. The summed E-state index contributed by atoms with van der Waals surface area (Å²) < 4.78 is 38.6. The average Bonchev–Trinajstić information content (AvgIpc) is 3.21. The van der Waals surface area contributed by atoms with Crippen LogP contribution in [0.3, 0.4) is 0 Å². The van der Waals surface area contributed by atoms with Crippen LogP contribution in [-0.4, -0.2) is 27.2 Å². The van der Waals surface area contributed by atoms with E-state index in [2.05, 4.69) is 10.0 Å². The van der Waals surface area contributed by atoms with E-state index in [4.69, 9.17) is 9.47 Å². The van der Waals surface area contributed by atoms with Gasteiger partial charge in [-0.3, -0.25) is 4.79 Å². The Morgan fingerprint density at radius 2 is 1.79 bits per heavy atom. The van der Waals surface area contributed by atoms with Gasteiger partial charge in [-0.2, -0.15) is 0 Å². The van der Waals surface area contributed by atoms with Gasteiger partial charge in [0.15, 0.2) is 11.5 Å². The second kappa shape index (κ2) is 8.42. The van der Waals surface area contributed by atoms with Gasteiger partial charge < -0.3 is 14.8 Å². The molecule has 0 unspecified atom stereocenters. The van der Waals surface area contributed by atoms with E-state index in [1.807, 2.05) is 0 Å². The number of carbonyl (C=O) groups excluding carboxylic acids is 1. The monoisotopic (exact) mass is 416 g/mol. The van der Waals surface area contributed by atoms with Crippen LogP contribution < -0.4 is 19.5 Å². The number of amides is 1. The van der Waals surface area contributed by atoms with Gasteiger partial charge in [0.1, 0.15) is 0 Å². The van der Waals surface area contributed by atoms with Crippen LogP contribution in [0.25, 0.3) is 0 Å². The lowest BCUT2D eigenvalue weighted by atomic mass is 9.95. The van der Waals surface area contributed by atoms with E-state index in [1.165, 1.54) is 18.6 Å². The summed E-state index contributed by atoms with van der Waals surface area (Å²) >= 11 is 0. The topological polar surface area (TPSA) is 93.7 Å². The van der Waals surface area contributed by atoms with E-state index in [0.29, 0.717) is 17.1 Å². The van der Waals surface area contributed by atoms with Crippen molar-refractivity contribution in [2.24, 2.45) is 0 Å². The van der Waals surface area contributed by atoms with Crippen LogP contribution in [0, 0.1) is 0 Å². The summed E-state index contributed by atoms with van der Waals surface area (Å²) in [6.45, 7) is 0.275. The number of carbonyl (C=O) groups is 1. The maximum atomic E-state index is 12.7. The Morgan fingerprint density at radius 1 is 1.00 bits per heavy atom. The first-order chi connectivity index (χ1) is 14.0. The summed E-state index contributed by atoms with van der Waals surface area (Å²) in [5.74, 6) is 1.01. The molecule has 1 aliphatic carbocycles. The molecule has 1 aliphatic heterocycles. The molecule has 7 nitrogen and oxygen atoms in total. The van der Waals surface area contributed by atoms with Crippen LogP contribution in [0.2, 0.25) is 0 Å². The molecule has 0 spiro atoms. The lowest BCUT2D eigenvalue weighted by Gasteiger charge is -2.22. The van der Waals surface area contributed by atoms with Crippen molar-refractivity contribution < 1.29 is 22.7 Å². The quantitative estimate of drug-likeness (QED) is 0.755. The zero-order valence-electron chi connectivity index (χ0n) is 16.0. The maximum absolute atomic E-state index is 12.7. The van der Waals surface area contributed by atoms with Crippen molar-refractivity contribution in [3.8, 4) is 11.5 Å². The van der Waals surface area contributed by atoms with Crippen LogP contribution in [-0.2, 0) is 16.6 Å². The van der Waals surface area contributed by atoms with Gasteiger partial charge in [-0.05, 0) is 48.7 Å². The van der Waals surface area contributed by atoms with E-state index in [9.17, 15) is 13.2 Å². The minimum atomic E-state index is -3.76. The third-order valence-corrected chi connectivity index (χ3v) is 6.65. The van der Waals surface area contributed by atoms with Crippen LogP contribution in [0.4, 0.5) is 0 Å². The third kappa shape index (κ3) is 4.71. The summed E-state index contributed by atoms with van der Waals surface area (Å²) in [5.41, 5.74) is 1.10. The van der Waals surface area contributed by atoms with Gasteiger partial charge in [-0.25, -0.2) is 13.1 Å². The Hall–Kier alpha value is -2.58. The Bertz CT molecular complexity index is 1000. The summed E-state index contributed by atoms with van der Waals surface area (Å²) in [7, 11) is -3.76. The van der Waals surface area contributed by atoms with Gasteiger partial charge >= 0.3 is 0 Å². The van der Waals surface area contributed by atoms with E-state index < -0.39 is 10.0 Å². The molecule has 2 aliphatic rings. The summed E-state index contributed by atoms with van der Waals surface area (Å²) in [6, 6.07) is 11.6. The number of fused-ring (bicyclic) bond motifs is 1. The number of hydrogen-bond donors (Lipinski definition) is 2. The minimum Gasteiger partial charge on any atom is -0.454 e. The molecule has 2 aromatic carbocycles. The largest absolute Gasteiger partial charge is 0.454 e. The first-order valence-corrected chi connectivity index (χ1v) is 11.3. The highest BCUT2D eigenvalue weighted by Crippen LogP contribution is 2.32. The van der Waals surface area contributed by atoms with Gasteiger partial charge in [-0.1, -0.05) is 31.4 Å². The molecule has 0 radical (unpaired) electrons. The highest BCUT2D eigenvalue weighted by molar-refractivity contribution is 7.89. The average molecular weight is 416 g/mol. The Morgan fingerprint density at radius 3 is 2.62 bits per heavy atom. The molecule has 1 amide bonds. The number of sulfonamides is 1. The third-order valence-electron chi connectivity index (χ3n) is 5.25. The van der Waals surface area contributed by atoms with Crippen molar-refractivity contribution in [1.29, 1.82) is 0 Å². The molecular formula is C21H24N2O5S. The zero-order chi connectivity index (χ0) is 20.3. The fraction of sp³-hybridized carbons (Fsp3) is 0.381. The molecule has 8 heteroatoms. The molecule has 1 fully saturated rings. The standard InChI is InChI=1S/C21H24N2O5S/c24-21(23-17-6-2-1-3-7-17)16-5-4-8-18(12-16)29(25,26)22-13-15-9-10-19-20(11-15)28-14-27-19/h4-5,8-12,17,22H,1-3,6-7,13-14H2,(H,23,24). The van der Waals surface area contributed by atoms with Gasteiger partial charge in [0.2, 0.25) is 16.8 Å². The summed E-state index contributed by atoms with van der Waals surface area (Å²) in [6.07, 6.45) is 5.38. The number of rotatable bonds is 6. The fourth-order valence-electron chi connectivity index (χ4n) is 3.63. The van der Waals surface area contributed by atoms with Crippen molar-refractivity contribution >= 4 is 15.9 Å². The van der Waals surface area contributed by atoms with Gasteiger partial charge in [0, 0.05) is 18.2 Å². The lowest BCUT2D eigenvalue weighted by Crippen LogP contribution is -2.36. The number of hydrogen-bond acceptors (Lipinski definition) is 5. The Balaban J connectivity index is 1.42. The van der Waals surface area contributed by atoms with Crippen molar-refractivity contribution in [1.82, 2.24) is 10.0 Å². The first kappa shape index (κ1) is 19.7.